The van der Waals surface area contributed by atoms with Crippen LogP contribution in [0.15, 0.2) is 0 Å². The van der Waals surface area contributed by atoms with Crippen LogP contribution in [0.5, 0.6) is 0 Å². The van der Waals surface area contributed by atoms with Gasteiger partial charge in [0.25, 0.3) is 0 Å². The van der Waals surface area contributed by atoms with Crippen molar-refractivity contribution in [2.45, 2.75) is 0 Å². The van der Waals surface area contributed by atoms with E-state index < -0.39 is 0 Å². The van der Waals surface area contributed by atoms with Crippen molar-refractivity contribution in [2.75, 3.05) is 13.1 Å². The van der Waals surface area contributed by atoms with Gasteiger partial charge in [0, 0.05) is 13.1 Å². The predicted molar refractivity (Wildman–Crippen MR) is 33.8 cm³/mol. The average Bonchev–Trinajstić information content (AvgIpc) is 1.41. The van der Waals surface area contributed by atoms with Crippen molar-refractivity contribution in [2.24, 2.45) is 5.73 Å². The molecule has 0 fully saturated rings. The number of hydrogen-bond acceptors (Lipinski definition) is 2. The van der Waals surface area contributed by atoms with E-state index in [0.29, 0.717) is 13.1 Å². The third-order valence-corrected chi connectivity index (χ3v) is 0.428. The molecule has 56 valence electrons. The van der Waals surface area contributed by atoms with Gasteiger partial charge in [-0.15, -0.1) is 0 Å². The van der Waals surface area contributed by atoms with Crippen molar-refractivity contribution in [3.8, 4) is 0 Å². The van der Waals surface area contributed by atoms with Crippen molar-refractivity contribution < 1.29 is 16.4 Å². The summed E-state index contributed by atoms with van der Waals surface area (Å²) in [5.74, 6) is 0. The molecule has 8 heavy (non-hydrogen) atoms. The lowest BCUT2D eigenvalue weighted by Gasteiger charge is -1.82. The zero-order chi connectivity index (χ0) is 4.12. The summed E-state index contributed by atoms with van der Waals surface area (Å²) in [6, 6.07) is 0. The van der Waals surface area contributed by atoms with E-state index in [2.05, 4.69) is 4.84 Å². The van der Waals surface area contributed by atoms with Gasteiger partial charge < -0.3 is 22.2 Å². The van der Waals surface area contributed by atoms with Gasteiger partial charge in [-0.2, -0.15) is 0 Å². The lowest BCUT2D eigenvalue weighted by molar-refractivity contribution is 0.823. The summed E-state index contributed by atoms with van der Waals surface area (Å²) in [7, 11) is 0. The second-order valence-electron chi connectivity index (χ2n) is 0.672. The summed E-state index contributed by atoms with van der Waals surface area (Å²) in [4.78, 5) is 2.36. The third kappa shape index (κ3) is 36.1. The minimum Gasteiger partial charge on any atom is -0.412 e. The molecule has 0 aromatic carbocycles. The molecule has 0 amide bonds. The van der Waals surface area contributed by atoms with Gasteiger partial charge in [-0.25, -0.2) is 4.84 Å². The number of nitrogens with two attached hydrogens (primary N) is 1. The highest BCUT2D eigenvalue weighted by molar-refractivity contribution is 6.13. The lowest BCUT2D eigenvalue weighted by atomic mass is 10.7. The Kier molecular flexibility index (Phi) is 83.7. The van der Waals surface area contributed by atoms with Crippen LogP contribution in [0.1, 0.15) is 0 Å². The normalized spacial score (nSPS) is 5.25. The summed E-state index contributed by atoms with van der Waals surface area (Å²) >= 11 is 4.97. The molecule has 0 heterocycles. The molecule has 0 aromatic heterocycles. The summed E-state index contributed by atoms with van der Waals surface area (Å²) in [6.45, 7) is 1.28. The van der Waals surface area contributed by atoms with E-state index in [1.54, 1.807) is 0 Å². The molecule has 0 bridgehead atoms. The monoisotopic (exact) mass is 148 g/mol. The summed E-state index contributed by atoms with van der Waals surface area (Å²) in [6.07, 6.45) is 0. The molecule has 6 heteroatoms. The largest absolute Gasteiger partial charge is 0.412 e. The number of hydrogen-bond donors (Lipinski definition) is 2. The molecular formula is C2H13ClN2O3. The Balaban J connectivity index is -0.0000000267. The maximum atomic E-state index is 4.99. The second kappa shape index (κ2) is 27.5. The number of halogens is 1. The van der Waals surface area contributed by atoms with Gasteiger partial charge >= 0.3 is 0 Å². The van der Waals surface area contributed by atoms with Crippen LogP contribution >= 0.6 is 11.8 Å². The summed E-state index contributed by atoms with van der Waals surface area (Å²) < 4.78 is 0. The van der Waals surface area contributed by atoms with Crippen LogP contribution in [0.4, 0.5) is 0 Å². The van der Waals surface area contributed by atoms with Gasteiger partial charge in [-0.05, 0) is 11.8 Å². The Morgan fingerprint density at radius 3 is 1.62 bits per heavy atom. The fraction of sp³-hybridized carbons (Fsp3) is 1.00. The minimum atomic E-state index is 0. The van der Waals surface area contributed by atoms with E-state index in [4.69, 9.17) is 17.5 Å². The van der Waals surface area contributed by atoms with Crippen molar-refractivity contribution in [1.29, 1.82) is 0 Å². The molecule has 0 spiro atoms. The topological polar surface area (TPSA) is 133 Å². The highest BCUT2D eigenvalue weighted by atomic mass is 35.5. The van der Waals surface area contributed by atoms with Crippen LogP contribution in [-0.2, 0) is 0 Å². The van der Waals surface area contributed by atoms with Crippen LogP contribution in [0.2, 0.25) is 0 Å². The Hall–Kier alpha value is 0.0900. The molecule has 0 aliphatic rings. The molecular weight excluding hydrogens is 135 g/mol. The molecule has 0 saturated carbocycles. The molecule has 0 saturated heterocycles. The molecule has 0 atom stereocenters. The molecule has 0 aliphatic heterocycles. The van der Waals surface area contributed by atoms with Crippen LogP contribution in [0.3, 0.4) is 0 Å². The third-order valence-electron chi connectivity index (χ3n) is 0.239. The van der Waals surface area contributed by atoms with Crippen molar-refractivity contribution in [3.63, 3.8) is 0 Å². The molecule has 0 aliphatic carbocycles. The van der Waals surface area contributed by atoms with E-state index in [1.807, 2.05) is 0 Å². The van der Waals surface area contributed by atoms with Crippen molar-refractivity contribution >= 4 is 11.8 Å². The summed E-state index contributed by atoms with van der Waals surface area (Å²) in [5.41, 5.74) is 4.99. The molecule has 0 radical (unpaired) electrons. The minimum absolute atomic E-state index is 0. The van der Waals surface area contributed by atoms with Crippen LogP contribution in [-0.4, -0.2) is 29.5 Å². The van der Waals surface area contributed by atoms with Crippen molar-refractivity contribution in [3.05, 3.63) is 0 Å². The standard InChI is InChI=1S/C2H7ClN2.3H2O/c3-5-2-1-4;;;/h5H,1-2,4H2;3*1H2. The van der Waals surface area contributed by atoms with Gasteiger partial charge in [-0.1, -0.05) is 0 Å². The second-order valence-corrected chi connectivity index (χ2v) is 0.940. The number of rotatable bonds is 2. The Labute approximate surface area is 52.9 Å². The highest BCUT2D eigenvalue weighted by Gasteiger charge is 1.66. The van der Waals surface area contributed by atoms with Crippen LogP contribution in [0, 0.1) is 0 Å². The van der Waals surface area contributed by atoms with Crippen molar-refractivity contribution in [1.82, 2.24) is 4.84 Å². The predicted octanol–water partition coefficient (Wildman–Crippen LogP) is -2.79. The average molecular weight is 149 g/mol. The number of nitrogens with one attached hydrogen (secondary N) is 1. The maximum absolute atomic E-state index is 4.99. The Morgan fingerprint density at radius 2 is 1.62 bits per heavy atom. The Morgan fingerprint density at radius 1 is 1.25 bits per heavy atom. The smallest absolute Gasteiger partial charge is 0.0231 e. The molecule has 9 N–H and O–H groups in total. The quantitative estimate of drug-likeness (QED) is 0.410. The van der Waals surface area contributed by atoms with E-state index in [-0.39, 0.29) is 16.4 Å². The summed E-state index contributed by atoms with van der Waals surface area (Å²) in [5, 5.41) is 0. The Bertz CT molecular complexity index is 22.8. The molecule has 0 rings (SSSR count). The van der Waals surface area contributed by atoms with E-state index in [9.17, 15) is 0 Å². The zero-order valence-corrected chi connectivity index (χ0v) is 5.13. The van der Waals surface area contributed by atoms with Gasteiger partial charge in [0.15, 0.2) is 0 Å². The van der Waals surface area contributed by atoms with E-state index in [0.717, 1.165) is 0 Å². The first-order valence-electron chi connectivity index (χ1n) is 1.45. The maximum Gasteiger partial charge on any atom is 0.0231 e. The van der Waals surface area contributed by atoms with Gasteiger partial charge in [-0.3, -0.25) is 0 Å². The van der Waals surface area contributed by atoms with E-state index in [1.165, 1.54) is 0 Å². The van der Waals surface area contributed by atoms with Crippen LogP contribution < -0.4 is 10.6 Å². The van der Waals surface area contributed by atoms with Gasteiger partial charge in [0.2, 0.25) is 0 Å². The fourth-order valence-corrected chi connectivity index (χ4v) is 0.164. The fourth-order valence-electron chi connectivity index (χ4n) is 0.0546. The SMILES string of the molecule is NCCNCl.O.O.O. The zero-order valence-electron chi connectivity index (χ0n) is 4.37. The molecule has 0 unspecified atom stereocenters. The first-order chi connectivity index (χ1) is 2.41. The van der Waals surface area contributed by atoms with Crippen LogP contribution in [0.25, 0.3) is 0 Å². The molecule has 5 nitrogen and oxygen atoms in total. The molecule has 0 aromatic rings. The first kappa shape index (κ1) is 24.3. The lowest BCUT2D eigenvalue weighted by Crippen LogP contribution is -2.13. The van der Waals surface area contributed by atoms with Gasteiger partial charge in [0.05, 0.1) is 0 Å². The highest BCUT2D eigenvalue weighted by Crippen LogP contribution is 1.52. The van der Waals surface area contributed by atoms with Gasteiger partial charge in [0.1, 0.15) is 0 Å². The first-order valence-corrected chi connectivity index (χ1v) is 1.83. The van der Waals surface area contributed by atoms with E-state index >= 15 is 0 Å².